The summed E-state index contributed by atoms with van der Waals surface area (Å²) in [5.74, 6) is 1.28. The maximum atomic E-state index is 12.7. The zero-order valence-electron chi connectivity index (χ0n) is 20.0. The second kappa shape index (κ2) is 10.8. The quantitative estimate of drug-likeness (QED) is 0.535. The van der Waals surface area contributed by atoms with Crippen LogP contribution in [-0.2, 0) is 16.6 Å². The molecule has 0 aliphatic carbocycles. The Morgan fingerprint density at radius 2 is 1.84 bits per heavy atom. The van der Waals surface area contributed by atoms with E-state index < -0.39 is 0 Å². The number of carbonyl (C=O) groups is 1. The first-order valence-electron chi connectivity index (χ1n) is 11.8. The van der Waals surface area contributed by atoms with E-state index >= 15 is 0 Å². The summed E-state index contributed by atoms with van der Waals surface area (Å²) in [4.78, 5) is 29.1. The molecule has 0 bridgehead atoms. The van der Waals surface area contributed by atoms with Gasteiger partial charge in [0.25, 0.3) is 0 Å². The fourth-order valence-electron chi connectivity index (χ4n) is 4.13. The number of piperazine rings is 1. The summed E-state index contributed by atoms with van der Waals surface area (Å²) in [5.41, 5.74) is 1.26. The van der Waals surface area contributed by atoms with Crippen LogP contribution < -0.4 is 5.32 Å². The third-order valence-electron chi connectivity index (χ3n) is 6.18. The topological polar surface area (TPSA) is 64.1 Å². The van der Waals surface area contributed by atoms with E-state index in [1.165, 1.54) is 0 Å². The largest absolute Gasteiger partial charge is 0.357 e. The number of hydrogen-bond donors (Lipinski definition) is 1. The highest BCUT2D eigenvalue weighted by molar-refractivity contribution is 7.09. The number of aliphatic imine (C=N–C) groups is 1. The number of rotatable bonds is 6. The molecular weight excluding hydrogens is 408 g/mol. The molecule has 1 aromatic heterocycles. The maximum absolute atomic E-state index is 12.7. The van der Waals surface area contributed by atoms with Crippen molar-refractivity contribution in [1.29, 1.82) is 0 Å². The monoisotopic (exact) mass is 448 g/mol. The van der Waals surface area contributed by atoms with Crippen molar-refractivity contribution in [2.45, 2.75) is 65.3 Å². The molecule has 2 fully saturated rings. The number of aromatic nitrogens is 1. The molecule has 3 rings (SSSR count). The summed E-state index contributed by atoms with van der Waals surface area (Å²) < 4.78 is 0. The van der Waals surface area contributed by atoms with Gasteiger partial charge in [0.15, 0.2) is 5.96 Å². The van der Waals surface area contributed by atoms with Crippen LogP contribution in [0.2, 0.25) is 0 Å². The van der Waals surface area contributed by atoms with Crippen molar-refractivity contribution in [2.75, 3.05) is 52.4 Å². The van der Waals surface area contributed by atoms with Crippen LogP contribution in [-0.4, -0.2) is 90.0 Å². The number of likely N-dealkylation sites (tertiary alicyclic amines) is 1. The highest BCUT2D eigenvalue weighted by Crippen LogP contribution is 2.24. The van der Waals surface area contributed by atoms with E-state index in [1.54, 1.807) is 11.3 Å². The van der Waals surface area contributed by atoms with Gasteiger partial charge in [-0.1, -0.05) is 20.8 Å². The molecule has 1 unspecified atom stereocenters. The van der Waals surface area contributed by atoms with Crippen molar-refractivity contribution in [3.8, 4) is 0 Å². The van der Waals surface area contributed by atoms with Crippen molar-refractivity contribution in [1.82, 2.24) is 25.0 Å². The van der Waals surface area contributed by atoms with Gasteiger partial charge in [-0.2, -0.15) is 0 Å². The fraction of sp³-hybridized carbons (Fsp3) is 0.783. The molecule has 2 aliphatic heterocycles. The minimum Gasteiger partial charge on any atom is -0.357 e. The summed E-state index contributed by atoms with van der Waals surface area (Å²) in [6.45, 7) is 17.8. The zero-order valence-corrected chi connectivity index (χ0v) is 20.8. The molecule has 7 nitrogen and oxygen atoms in total. The first kappa shape index (κ1) is 24.0. The highest BCUT2D eigenvalue weighted by atomic mass is 32.1. The Kier molecular flexibility index (Phi) is 8.33. The van der Waals surface area contributed by atoms with Crippen LogP contribution in [0.5, 0.6) is 0 Å². The first-order valence-corrected chi connectivity index (χ1v) is 12.7. The summed E-state index contributed by atoms with van der Waals surface area (Å²) in [5, 5.41) is 6.78. The van der Waals surface area contributed by atoms with E-state index in [4.69, 9.17) is 9.98 Å². The standard InChI is InChI=1S/C23H40N6OS/c1-6-24-22(25-10-9-20-26-19(17-31-20)23(3,4)5)29-15-13-27(14-16-29)18(2)21(30)28-11-7-8-12-28/h17-18H,6-16H2,1-5H3,(H,24,25). The van der Waals surface area contributed by atoms with Crippen LogP contribution in [0.15, 0.2) is 10.4 Å². The zero-order chi connectivity index (χ0) is 22.4. The highest BCUT2D eigenvalue weighted by Gasteiger charge is 2.30. The van der Waals surface area contributed by atoms with Gasteiger partial charge in [0.05, 0.1) is 16.7 Å². The summed E-state index contributed by atoms with van der Waals surface area (Å²) in [6, 6.07) is -0.0262. The third kappa shape index (κ3) is 6.42. The van der Waals surface area contributed by atoms with Gasteiger partial charge in [-0.25, -0.2) is 4.98 Å². The van der Waals surface area contributed by atoms with Gasteiger partial charge in [-0.05, 0) is 26.7 Å². The van der Waals surface area contributed by atoms with Gasteiger partial charge in [0.1, 0.15) is 0 Å². The number of amides is 1. The van der Waals surface area contributed by atoms with Crippen LogP contribution in [0.1, 0.15) is 58.2 Å². The summed E-state index contributed by atoms with van der Waals surface area (Å²) in [7, 11) is 0. The average Bonchev–Trinajstić information content (AvgIpc) is 3.44. The van der Waals surface area contributed by atoms with Gasteiger partial charge >= 0.3 is 0 Å². The van der Waals surface area contributed by atoms with Crippen molar-refractivity contribution >= 4 is 23.2 Å². The molecule has 31 heavy (non-hydrogen) atoms. The molecule has 8 heteroatoms. The van der Waals surface area contributed by atoms with Crippen molar-refractivity contribution in [3.63, 3.8) is 0 Å². The third-order valence-corrected chi connectivity index (χ3v) is 7.09. The smallest absolute Gasteiger partial charge is 0.239 e. The molecule has 174 valence electrons. The van der Waals surface area contributed by atoms with Crippen molar-refractivity contribution in [3.05, 3.63) is 16.1 Å². The lowest BCUT2D eigenvalue weighted by Gasteiger charge is -2.39. The van der Waals surface area contributed by atoms with E-state index in [0.29, 0.717) is 5.91 Å². The Morgan fingerprint density at radius 1 is 1.16 bits per heavy atom. The lowest BCUT2D eigenvalue weighted by atomic mass is 9.93. The number of guanidine groups is 1. The second-order valence-corrected chi connectivity index (χ2v) is 10.5. The molecule has 0 spiro atoms. The minimum atomic E-state index is -0.0262. The fourth-order valence-corrected chi connectivity index (χ4v) is 5.15. The van der Waals surface area contributed by atoms with Crippen LogP contribution in [0.25, 0.3) is 0 Å². The maximum Gasteiger partial charge on any atom is 0.239 e. The Hall–Kier alpha value is -1.67. The van der Waals surface area contributed by atoms with E-state index in [0.717, 1.165) is 88.3 Å². The molecule has 1 amide bonds. The Bertz CT molecular complexity index is 741. The van der Waals surface area contributed by atoms with E-state index in [2.05, 4.69) is 55.1 Å². The normalized spacial score (nSPS) is 19.7. The second-order valence-electron chi connectivity index (χ2n) is 9.59. The molecule has 0 radical (unpaired) electrons. The molecule has 0 saturated carbocycles. The van der Waals surface area contributed by atoms with E-state index in [1.807, 2.05) is 4.90 Å². The molecule has 2 saturated heterocycles. The Morgan fingerprint density at radius 3 is 2.42 bits per heavy atom. The molecule has 1 aromatic rings. The van der Waals surface area contributed by atoms with E-state index in [-0.39, 0.29) is 11.5 Å². The molecule has 2 aliphatic rings. The lowest BCUT2D eigenvalue weighted by molar-refractivity contribution is -0.135. The SMILES string of the molecule is CCNC(=NCCc1nc(C(C)(C)C)cs1)N1CCN(C(C)C(=O)N2CCCC2)CC1. The summed E-state index contributed by atoms with van der Waals surface area (Å²) >= 11 is 1.74. The minimum absolute atomic E-state index is 0.0262. The van der Waals surface area contributed by atoms with Gasteiger partial charge in [-0.15, -0.1) is 11.3 Å². The van der Waals surface area contributed by atoms with Crippen LogP contribution in [0.3, 0.4) is 0 Å². The van der Waals surface area contributed by atoms with Gasteiger partial charge in [-0.3, -0.25) is 14.7 Å². The summed E-state index contributed by atoms with van der Waals surface area (Å²) in [6.07, 6.45) is 3.16. The average molecular weight is 449 g/mol. The van der Waals surface area contributed by atoms with Crippen LogP contribution in [0.4, 0.5) is 0 Å². The first-order chi connectivity index (χ1) is 14.8. The Labute approximate surface area is 191 Å². The van der Waals surface area contributed by atoms with Gasteiger partial charge in [0.2, 0.25) is 5.91 Å². The number of hydrogen-bond acceptors (Lipinski definition) is 5. The molecule has 0 aromatic carbocycles. The number of carbonyl (C=O) groups excluding carboxylic acids is 1. The number of thiazole rings is 1. The Balaban J connectivity index is 1.51. The molecular formula is C23H40N6OS. The van der Waals surface area contributed by atoms with Gasteiger partial charge in [0, 0.05) is 69.6 Å². The number of nitrogens with one attached hydrogen (secondary N) is 1. The molecule has 1 atom stereocenters. The number of nitrogens with zero attached hydrogens (tertiary/aromatic N) is 5. The predicted octanol–water partition coefficient (Wildman–Crippen LogP) is 2.58. The predicted molar refractivity (Wildman–Crippen MR) is 129 cm³/mol. The van der Waals surface area contributed by atoms with Gasteiger partial charge < -0.3 is 15.1 Å². The van der Waals surface area contributed by atoms with Crippen molar-refractivity contribution < 1.29 is 4.79 Å². The van der Waals surface area contributed by atoms with Crippen LogP contribution >= 0.6 is 11.3 Å². The molecule has 1 N–H and O–H groups in total. The molecule has 3 heterocycles. The lowest BCUT2D eigenvalue weighted by Crippen LogP contribution is -2.57. The van der Waals surface area contributed by atoms with E-state index in [9.17, 15) is 4.79 Å². The van der Waals surface area contributed by atoms with Crippen molar-refractivity contribution in [2.24, 2.45) is 4.99 Å². The van der Waals surface area contributed by atoms with Crippen LogP contribution in [0, 0.1) is 0 Å².